The molecule has 0 saturated carbocycles. The molecule has 1 N–H and O–H groups in total. The Morgan fingerprint density at radius 3 is 3.00 bits per heavy atom. The fourth-order valence-corrected chi connectivity index (χ4v) is 1.42. The van der Waals surface area contributed by atoms with Gasteiger partial charge >= 0.3 is 0 Å². The van der Waals surface area contributed by atoms with Gasteiger partial charge in [-0.25, -0.2) is 0 Å². The second-order valence-corrected chi connectivity index (χ2v) is 3.69. The minimum atomic E-state index is -0.0936. The first-order chi connectivity index (χ1) is 8.24. The van der Waals surface area contributed by atoms with E-state index in [1.165, 1.54) is 0 Å². The highest BCUT2D eigenvalue weighted by molar-refractivity contribution is 5.89. The molecular weight excluding hydrogens is 218 g/mol. The number of nitrogens with zero attached hydrogens (tertiary/aromatic N) is 2. The predicted molar refractivity (Wildman–Crippen MR) is 62.4 cm³/mol. The summed E-state index contributed by atoms with van der Waals surface area (Å²) in [5, 5.41) is 6.35. The van der Waals surface area contributed by atoms with E-state index in [4.69, 9.17) is 4.52 Å². The van der Waals surface area contributed by atoms with Crippen LogP contribution in [0.1, 0.15) is 17.9 Å². The van der Waals surface area contributed by atoms with E-state index in [9.17, 15) is 4.79 Å². The molecule has 0 bridgehead atoms. The molecular formula is C12H13N3O2. The summed E-state index contributed by atoms with van der Waals surface area (Å²) in [5.74, 6) is 1.03. The summed E-state index contributed by atoms with van der Waals surface area (Å²) in [6.45, 7) is 1.77. The average molecular weight is 231 g/mol. The highest BCUT2D eigenvalue weighted by Crippen LogP contribution is 2.08. The summed E-state index contributed by atoms with van der Waals surface area (Å²) in [7, 11) is 0. The van der Waals surface area contributed by atoms with Gasteiger partial charge in [-0.05, 0) is 25.5 Å². The Morgan fingerprint density at radius 1 is 1.47 bits per heavy atom. The summed E-state index contributed by atoms with van der Waals surface area (Å²) in [4.78, 5) is 15.7. The molecule has 0 aliphatic rings. The number of nitrogens with one attached hydrogen (secondary N) is 1. The van der Waals surface area contributed by atoms with Gasteiger partial charge in [-0.2, -0.15) is 0 Å². The standard InChI is InChI=1S/C12H13N3O2/c1-9-8-11(15-17-9)14-12(16)6-5-10-4-2-3-7-13-10/h2-4,7-8H,5-6H2,1H3,(H,14,15,16). The van der Waals surface area contributed by atoms with E-state index >= 15 is 0 Å². The van der Waals surface area contributed by atoms with Gasteiger partial charge in [0.1, 0.15) is 5.76 Å². The van der Waals surface area contributed by atoms with Crippen molar-refractivity contribution in [1.82, 2.24) is 10.1 Å². The van der Waals surface area contributed by atoms with Crippen molar-refractivity contribution in [2.45, 2.75) is 19.8 Å². The van der Waals surface area contributed by atoms with Crippen molar-refractivity contribution in [3.05, 3.63) is 41.9 Å². The largest absolute Gasteiger partial charge is 0.360 e. The molecule has 0 aromatic carbocycles. The van der Waals surface area contributed by atoms with Gasteiger partial charge in [-0.3, -0.25) is 9.78 Å². The smallest absolute Gasteiger partial charge is 0.226 e. The van der Waals surface area contributed by atoms with E-state index < -0.39 is 0 Å². The van der Waals surface area contributed by atoms with Crippen LogP contribution in [0.5, 0.6) is 0 Å². The van der Waals surface area contributed by atoms with Crippen molar-refractivity contribution in [2.24, 2.45) is 0 Å². The molecule has 1 amide bonds. The van der Waals surface area contributed by atoms with E-state index in [0.29, 0.717) is 24.4 Å². The molecule has 0 atom stereocenters. The number of carbonyl (C=O) groups excluding carboxylic acids is 1. The van der Waals surface area contributed by atoms with Crippen LogP contribution in [0.4, 0.5) is 5.82 Å². The number of rotatable bonds is 4. The molecule has 0 saturated heterocycles. The van der Waals surface area contributed by atoms with Gasteiger partial charge in [0.15, 0.2) is 5.82 Å². The Balaban J connectivity index is 1.82. The molecule has 5 heteroatoms. The van der Waals surface area contributed by atoms with Crippen LogP contribution in [0.2, 0.25) is 0 Å². The van der Waals surface area contributed by atoms with Crippen LogP contribution in [0.25, 0.3) is 0 Å². The molecule has 0 unspecified atom stereocenters. The van der Waals surface area contributed by atoms with Gasteiger partial charge < -0.3 is 9.84 Å². The lowest BCUT2D eigenvalue weighted by molar-refractivity contribution is -0.116. The second-order valence-electron chi connectivity index (χ2n) is 3.69. The molecule has 5 nitrogen and oxygen atoms in total. The summed E-state index contributed by atoms with van der Waals surface area (Å²) in [6.07, 6.45) is 2.71. The molecule has 0 spiro atoms. The van der Waals surface area contributed by atoms with Crippen molar-refractivity contribution in [1.29, 1.82) is 0 Å². The fourth-order valence-electron chi connectivity index (χ4n) is 1.42. The van der Waals surface area contributed by atoms with Gasteiger partial charge in [-0.1, -0.05) is 11.2 Å². The summed E-state index contributed by atoms with van der Waals surface area (Å²) in [5.41, 5.74) is 0.902. The van der Waals surface area contributed by atoms with Crippen molar-refractivity contribution in [3.63, 3.8) is 0 Å². The molecule has 0 radical (unpaired) electrons. The number of aryl methyl sites for hydroxylation is 2. The van der Waals surface area contributed by atoms with Crippen LogP contribution in [-0.2, 0) is 11.2 Å². The molecule has 2 aromatic heterocycles. The highest BCUT2D eigenvalue weighted by Gasteiger charge is 2.06. The normalized spacial score (nSPS) is 10.2. The lowest BCUT2D eigenvalue weighted by Crippen LogP contribution is -2.12. The van der Waals surface area contributed by atoms with Crippen LogP contribution in [0.15, 0.2) is 35.0 Å². The summed E-state index contributed by atoms with van der Waals surface area (Å²) >= 11 is 0. The topological polar surface area (TPSA) is 68.0 Å². The van der Waals surface area contributed by atoms with Crippen molar-refractivity contribution in [2.75, 3.05) is 5.32 Å². The SMILES string of the molecule is Cc1cc(NC(=O)CCc2ccccn2)no1. The Labute approximate surface area is 98.8 Å². The molecule has 0 aliphatic carbocycles. The van der Waals surface area contributed by atoms with Gasteiger partial charge in [0.25, 0.3) is 0 Å². The molecule has 0 aliphatic heterocycles. The van der Waals surface area contributed by atoms with E-state index in [0.717, 1.165) is 5.69 Å². The molecule has 2 rings (SSSR count). The maximum atomic E-state index is 11.6. The van der Waals surface area contributed by atoms with Crippen LogP contribution in [-0.4, -0.2) is 16.0 Å². The number of pyridine rings is 1. The third-order valence-corrected chi connectivity index (χ3v) is 2.23. The number of carbonyl (C=O) groups is 1. The third-order valence-electron chi connectivity index (χ3n) is 2.23. The monoisotopic (exact) mass is 231 g/mol. The zero-order valence-electron chi connectivity index (χ0n) is 9.51. The fraction of sp³-hybridized carbons (Fsp3) is 0.250. The lowest BCUT2D eigenvalue weighted by Gasteiger charge is -2.00. The minimum absolute atomic E-state index is 0.0936. The number of amides is 1. The van der Waals surface area contributed by atoms with Gasteiger partial charge in [0.05, 0.1) is 0 Å². The Kier molecular flexibility index (Phi) is 3.49. The minimum Gasteiger partial charge on any atom is -0.360 e. The Morgan fingerprint density at radius 2 is 2.35 bits per heavy atom. The van der Waals surface area contributed by atoms with E-state index in [1.54, 1.807) is 19.2 Å². The number of hydrogen-bond acceptors (Lipinski definition) is 4. The summed E-state index contributed by atoms with van der Waals surface area (Å²) < 4.78 is 4.85. The molecule has 17 heavy (non-hydrogen) atoms. The van der Waals surface area contributed by atoms with E-state index in [2.05, 4.69) is 15.5 Å². The first-order valence-corrected chi connectivity index (χ1v) is 5.37. The molecule has 0 fully saturated rings. The number of anilines is 1. The maximum Gasteiger partial charge on any atom is 0.226 e. The van der Waals surface area contributed by atoms with Crippen LogP contribution in [0, 0.1) is 6.92 Å². The molecule has 2 heterocycles. The van der Waals surface area contributed by atoms with Crippen LogP contribution >= 0.6 is 0 Å². The van der Waals surface area contributed by atoms with Gasteiger partial charge in [0.2, 0.25) is 5.91 Å². The van der Waals surface area contributed by atoms with Crippen LogP contribution in [0.3, 0.4) is 0 Å². The first-order valence-electron chi connectivity index (χ1n) is 5.37. The quantitative estimate of drug-likeness (QED) is 0.873. The second kappa shape index (κ2) is 5.25. The predicted octanol–water partition coefficient (Wildman–Crippen LogP) is 1.95. The molecule has 88 valence electrons. The van der Waals surface area contributed by atoms with E-state index in [-0.39, 0.29) is 5.91 Å². The van der Waals surface area contributed by atoms with Crippen molar-refractivity contribution < 1.29 is 9.32 Å². The third kappa shape index (κ3) is 3.41. The van der Waals surface area contributed by atoms with Gasteiger partial charge in [-0.15, -0.1) is 0 Å². The zero-order chi connectivity index (χ0) is 12.1. The zero-order valence-corrected chi connectivity index (χ0v) is 9.51. The first kappa shape index (κ1) is 11.3. The van der Waals surface area contributed by atoms with Crippen molar-refractivity contribution >= 4 is 11.7 Å². The van der Waals surface area contributed by atoms with Gasteiger partial charge in [0, 0.05) is 24.4 Å². The Hall–Kier alpha value is -2.17. The summed E-state index contributed by atoms with van der Waals surface area (Å²) in [6, 6.07) is 7.33. The highest BCUT2D eigenvalue weighted by atomic mass is 16.5. The average Bonchev–Trinajstić information content (AvgIpc) is 2.73. The van der Waals surface area contributed by atoms with Crippen molar-refractivity contribution in [3.8, 4) is 0 Å². The lowest BCUT2D eigenvalue weighted by atomic mass is 10.2. The van der Waals surface area contributed by atoms with E-state index in [1.807, 2.05) is 18.2 Å². The number of aromatic nitrogens is 2. The van der Waals surface area contributed by atoms with Crippen LogP contribution < -0.4 is 5.32 Å². The number of hydrogen-bond donors (Lipinski definition) is 1. The Bertz CT molecular complexity index is 493. The molecule has 2 aromatic rings. The maximum absolute atomic E-state index is 11.6.